The molecule has 0 aliphatic carbocycles. The van der Waals surface area contributed by atoms with Gasteiger partial charge in [0.15, 0.2) is 0 Å². The summed E-state index contributed by atoms with van der Waals surface area (Å²) >= 11 is 0. The summed E-state index contributed by atoms with van der Waals surface area (Å²) in [6.45, 7) is 11.3. The van der Waals surface area contributed by atoms with E-state index in [0.29, 0.717) is 11.8 Å². The zero-order valence-electron chi connectivity index (χ0n) is 15.8. The lowest BCUT2D eigenvalue weighted by Crippen LogP contribution is -2.40. The third-order valence-electron chi connectivity index (χ3n) is 4.64. The average molecular weight is 344 g/mol. The summed E-state index contributed by atoms with van der Waals surface area (Å²) in [6.07, 6.45) is 5.06. The molecule has 6 nitrogen and oxygen atoms in total. The van der Waals surface area contributed by atoms with Crippen molar-refractivity contribution in [1.29, 1.82) is 0 Å². The van der Waals surface area contributed by atoms with Crippen LogP contribution in [0.5, 0.6) is 0 Å². The second-order valence-electron chi connectivity index (χ2n) is 6.95. The number of hydrogen-bond donors (Lipinski definition) is 0. The largest absolute Gasteiger partial charge is 0.418 e. The van der Waals surface area contributed by atoms with Crippen molar-refractivity contribution in [1.82, 2.24) is 19.7 Å². The molecule has 1 aliphatic rings. The summed E-state index contributed by atoms with van der Waals surface area (Å²) in [4.78, 5) is 2.22. The van der Waals surface area contributed by atoms with Crippen LogP contribution in [0.2, 0.25) is 0 Å². The number of ether oxygens (including phenoxy) is 1. The van der Waals surface area contributed by atoms with Gasteiger partial charge in [0, 0.05) is 37.1 Å². The van der Waals surface area contributed by atoms with Crippen molar-refractivity contribution in [3.8, 4) is 0 Å². The first kappa shape index (κ1) is 17.9. The molecule has 2 aromatic heterocycles. The minimum Gasteiger partial charge on any atom is -0.418 e. The van der Waals surface area contributed by atoms with Gasteiger partial charge in [-0.2, -0.15) is 0 Å². The lowest BCUT2D eigenvalue weighted by molar-refractivity contribution is -0.0823. The van der Waals surface area contributed by atoms with E-state index >= 15 is 0 Å². The summed E-state index contributed by atoms with van der Waals surface area (Å²) < 4.78 is 14.1. The summed E-state index contributed by atoms with van der Waals surface area (Å²) in [5, 5.41) is 8.31. The van der Waals surface area contributed by atoms with Crippen LogP contribution in [0.3, 0.4) is 0 Å². The number of hydrogen-bond acceptors (Lipinski definition) is 5. The highest BCUT2D eigenvalue weighted by Gasteiger charge is 2.28. The molecule has 136 valence electrons. The molecule has 0 amide bonds. The van der Waals surface area contributed by atoms with Crippen LogP contribution in [-0.2, 0) is 11.3 Å². The maximum atomic E-state index is 5.92. The van der Waals surface area contributed by atoms with Crippen molar-refractivity contribution in [2.45, 2.75) is 52.9 Å². The van der Waals surface area contributed by atoms with E-state index in [2.05, 4.69) is 60.5 Å². The third kappa shape index (κ3) is 4.02. The lowest BCUT2D eigenvalue weighted by Gasteiger charge is -2.32. The fourth-order valence-electron chi connectivity index (χ4n) is 3.47. The van der Waals surface area contributed by atoms with Crippen molar-refractivity contribution in [3.63, 3.8) is 0 Å². The van der Waals surface area contributed by atoms with Gasteiger partial charge in [0.1, 0.15) is 6.10 Å². The lowest BCUT2D eigenvalue weighted by atomic mass is 10.2. The number of morpholine rings is 1. The molecule has 0 spiro atoms. The standard InChI is InChI=1S/C19H28N4O2/c1-6-9-23-13(2)10-16(15(23)4)7-8-18-20-21-19(25-18)17-12-22(5)11-14(3)24-17/h7-8,10,14,17H,6,9,11-12H2,1-5H3/b8-7+/t14-,17-/m1/s1. The minimum absolute atomic E-state index is 0.155. The van der Waals surface area contributed by atoms with E-state index in [9.17, 15) is 0 Å². The van der Waals surface area contributed by atoms with Gasteiger partial charge in [-0.15, -0.1) is 10.2 Å². The Hall–Kier alpha value is -1.92. The van der Waals surface area contributed by atoms with Crippen LogP contribution in [0.1, 0.15) is 55.1 Å². The molecule has 3 heterocycles. The Kier molecular flexibility index (Phi) is 5.39. The Morgan fingerprint density at radius 1 is 1.24 bits per heavy atom. The highest BCUT2D eigenvalue weighted by Crippen LogP contribution is 2.24. The van der Waals surface area contributed by atoms with Gasteiger partial charge < -0.3 is 18.6 Å². The van der Waals surface area contributed by atoms with E-state index in [4.69, 9.17) is 9.15 Å². The van der Waals surface area contributed by atoms with Gasteiger partial charge in [-0.05, 0) is 51.9 Å². The Balaban J connectivity index is 1.73. The molecule has 0 aromatic carbocycles. The highest BCUT2D eigenvalue weighted by molar-refractivity contribution is 5.67. The summed E-state index contributed by atoms with van der Waals surface area (Å²) in [5.41, 5.74) is 3.73. The molecule has 1 saturated heterocycles. The Morgan fingerprint density at radius 3 is 2.76 bits per heavy atom. The summed E-state index contributed by atoms with van der Waals surface area (Å²) in [7, 11) is 2.08. The molecule has 0 unspecified atom stereocenters. The Labute approximate surface area is 149 Å². The summed E-state index contributed by atoms with van der Waals surface area (Å²) in [6, 6.07) is 2.19. The molecule has 2 atom stereocenters. The van der Waals surface area contributed by atoms with Gasteiger partial charge in [-0.3, -0.25) is 0 Å². The maximum Gasteiger partial charge on any atom is 0.246 e. The fraction of sp³-hybridized carbons (Fsp3) is 0.579. The zero-order valence-corrected chi connectivity index (χ0v) is 15.8. The van der Waals surface area contributed by atoms with Gasteiger partial charge in [-0.1, -0.05) is 6.92 Å². The number of aryl methyl sites for hydroxylation is 1. The predicted molar refractivity (Wildman–Crippen MR) is 98.2 cm³/mol. The molecule has 6 heteroatoms. The molecule has 1 aliphatic heterocycles. The molecule has 0 N–H and O–H groups in total. The van der Waals surface area contributed by atoms with Crippen molar-refractivity contribution in [3.05, 3.63) is 34.8 Å². The number of nitrogens with zero attached hydrogens (tertiary/aromatic N) is 4. The van der Waals surface area contributed by atoms with Crippen LogP contribution in [0.15, 0.2) is 10.5 Å². The average Bonchev–Trinajstić information content (AvgIpc) is 3.12. The van der Waals surface area contributed by atoms with E-state index in [0.717, 1.165) is 26.1 Å². The van der Waals surface area contributed by atoms with Gasteiger partial charge in [0.2, 0.25) is 11.8 Å². The van der Waals surface area contributed by atoms with E-state index in [1.807, 2.05) is 12.2 Å². The van der Waals surface area contributed by atoms with Crippen LogP contribution >= 0.6 is 0 Å². The van der Waals surface area contributed by atoms with Crippen LogP contribution in [0.25, 0.3) is 12.2 Å². The van der Waals surface area contributed by atoms with Crippen LogP contribution in [0.4, 0.5) is 0 Å². The van der Waals surface area contributed by atoms with Crippen LogP contribution in [-0.4, -0.2) is 45.9 Å². The summed E-state index contributed by atoms with van der Waals surface area (Å²) in [5.74, 6) is 1.06. The van der Waals surface area contributed by atoms with Crippen molar-refractivity contribution < 1.29 is 9.15 Å². The SMILES string of the molecule is CCCn1c(C)cc(/C=C/c2nnc([C@H]3CN(C)C[C@@H](C)O3)o2)c1C. The molecule has 0 saturated carbocycles. The first-order valence-electron chi connectivity index (χ1n) is 9.00. The molecule has 3 rings (SSSR count). The molecule has 1 fully saturated rings. The number of likely N-dealkylation sites (N-methyl/N-ethyl adjacent to an activating group) is 1. The monoisotopic (exact) mass is 344 g/mol. The molecule has 0 radical (unpaired) electrons. The molecule has 25 heavy (non-hydrogen) atoms. The molecule has 2 aromatic rings. The topological polar surface area (TPSA) is 56.3 Å². The minimum atomic E-state index is -0.155. The van der Waals surface area contributed by atoms with E-state index in [1.165, 1.54) is 17.0 Å². The molecular weight excluding hydrogens is 316 g/mol. The maximum absolute atomic E-state index is 5.92. The number of rotatable bonds is 5. The second-order valence-corrected chi connectivity index (χ2v) is 6.95. The van der Waals surface area contributed by atoms with Crippen molar-refractivity contribution >= 4 is 12.2 Å². The Bertz CT molecular complexity index is 737. The van der Waals surface area contributed by atoms with Crippen LogP contribution < -0.4 is 0 Å². The first-order chi connectivity index (χ1) is 12.0. The van der Waals surface area contributed by atoms with Gasteiger partial charge in [-0.25, -0.2) is 0 Å². The fourth-order valence-corrected chi connectivity index (χ4v) is 3.47. The molecular formula is C19H28N4O2. The molecule has 0 bridgehead atoms. The van der Waals surface area contributed by atoms with E-state index in [-0.39, 0.29) is 12.2 Å². The predicted octanol–water partition coefficient (Wildman–Crippen LogP) is 3.46. The smallest absolute Gasteiger partial charge is 0.246 e. The van der Waals surface area contributed by atoms with Crippen molar-refractivity contribution in [2.75, 3.05) is 20.1 Å². The van der Waals surface area contributed by atoms with Crippen molar-refractivity contribution in [2.24, 2.45) is 0 Å². The second kappa shape index (κ2) is 7.54. The van der Waals surface area contributed by atoms with E-state index < -0.39 is 0 Å². The van der Waals surface area contributed by atoms with Gasteiger partial charge in [0.25, 0.3) is 0 Å². The third-order valence-corrected chi connectivity index (χ3v) is 4.64. The van der Waals surface area contributed by atoms with Gasteiger partial charge in [0.05, 0.1) is 6.10 Å². The Morgan fingerprint density at radius 2 is 2.04 bits per heavy atom. The first-order valence-corrected chi connectivity index (χ1v) is 9.00. The normalized spacial score (nSPS) is 22.1. The quantitative estimate of drug-likeness (QED) is 0.831. The van der Waals surface area contributed by atoms with Crippen LogP contribution in [0, 0.1) is 13.8 Å². The zero-order chi connectivity index (χ0) is 18.0. The van der Waals surface area contributed by atoms with E-state index in [1.54, 1.807) is 0 Å². The highest BCUT2D eigenvalue weighted by atomic mass is 16.5. The number of aromatic nitrogens is 3. The van der Waals surface area contributed by atoms with Gasteiger partial charge >= 0.3 is 0 Å².